The van der Waals surface area contributed by atoms with Gasteiger partial charge >= 0.3 is 0 Å². The zero-order chi connectivity index (χ0) is 22.4. The number of hydrogen-bond acceptors (Lipinski definition) is 4. The molecule has 2 saturated carbocycles. The fraction of sp³-hybridized carbons (Fsp3) is 0.577. The van der Waals surface area contributed by atoms with Gasteiger partial charge in [0.05, 0.1) is 22.6 Å². The Balaban J connectivity index is 0.00000306. The maximum Gasteiger partial charge on any atom is 0.252 e. The number of carbonyl (C=O) groups excluding carboxylic acids is 1. The fourth-order valence-corrected chi connectivity index (χ4v) is 5.68. The average Bonchev–Trinajstić information content (AvgIpc) is 3.20. The summed E-state index contributed by atoms with van der Waals surface area (Å²) >= 11 is 6.37. The molecule has 1 aromatic heterocycles. The van der Waals surface area contributed by atoms with Crippen molar-refractivity contribution in [3.05, 3.63) is 54.4 Å². The van der Waals surface area contributed by atoms with Crippen LogP contribution in [-0.4, -0.2) is 41.6 Å². The minimum Gasteiger partial charge on any atom is -0.384 e. The monoisotopic (exact) mass is 471 g/mol. The van der Waals surface area contributed by atoms with Crippen LogP contribution in [0, 0.1) is 18.8 Å². The second-order valence-electron chi connectivity index (χ2n) is 9.69. The first kappa shape index (κ1) is 25.6. The lowest BCUT2D eigenvalue weighted by Crippen LogP contribution is -2.43. The van der Waals surface area contributed by atoms with E-state index < -0.39 is 0 Å². The van der Waals surface area contributed by atoms with Crippen LogP contribution in [0.2, 0.25) is 5.02 Å². The number of carbonyl (C=O) groups is 1. The largest absolute Gasteiger partial charge is 0.384 e. The molecule has 180 valence electrons. The third-order valence-electron chi connectivity index (χ3n) is 7.14. The predicted octanol–water partition coefficient (Wildman–Crippen LogP) is 4.74. The maximum atomic E-state index is 12.9. The molecule has 0 unspecified atom stereocenters. The molecule has 0 saturated heterocycles. The third kappa shape index (κ3) is 6.97. The van der Waals surface area contributed by atoms with E-state index in [2.05, 4.69) is 20.9 Å². The number of imidazole rings is 1. The maximum absolute atomic E-state index is 12.9. The molecule has 2 fully saturated rings. The minimum atomic E-state index is -0.0609. The molecule has 0 aliphatic heterocycles. The second kappa shape index (κ2) is 11.9. The average molecular weight is 472 g/mol. The van der Waals surface area contributed by atoms with E-state index in [4.69, 9.17) is 11.6 Å². The summed E-state index contributed by atoms with van der Waals surface area (Å²) in [6.07, 6.45) is 13.9. The lowest BCUT2D eigenvalue weighted by atomic mass is 9.62. The lowest BCUT2D eigenvalue weighted by Gasteiger charge is -2.45. The molecule has 1 heterocycles. The molecular formula is C26H38ClN5O. The molecule has 6 nitrogen and oxygen atoms in total. The van der Waals surface area contributed by atoms with Crippen LogP contribution in [0.1, 0.15) is 61.0 Å². The van der Waals surface area contributed by atoms with E-state index in [1.807, 2.05) is 42.3 Å². The molecule has 0 spiro atoms. The van der Waals surface area contributed by atoms with E-state index in [0.29, 0.717) is 16.0 Å². The number of nitrogens with one attached hydrogen (secondary N) is 3. The van der Waals surface area contributed by atoms with Crippen LogP contribution < -0.4 is 16.0 Å². The standard InChI is InChI=1S/C25H36ClN5O.CH2/c1-31-16-21(30-18-31)8-11-27-12-13-28-20-6-7-23(26)22(14-20)24(32)29-17-25-9-2-4-19(15-25)5-3-10-25;/h6-7,14,16,18-19,27-28H,2-5,8-13,15,17H2,1H3,(H,29,32);1H2. The van der Waals surface area contributed by atoms with Gasteiger partial charge in [0, 0.05) is 51.5 Å². The molecule has 1 amide bonds. The van der Waals surface area contributed by atoms with Gasteiger partial charge in [-0.2, -0.15) is 0 Å². The molecule has 2 bridgehead atoms. The summed E-state index contributed by atoms with van der Waals surface area (Å²) in [6.45, 7) is 3.27. The summed E-state index contributed by atoms with van der Waals surface area (Å²) in [5.74, 6) is 0.803. The van der Waals surface area contributed by atoms with E-state index >= 15 is 0 Å². The number of anilines is 1. The quantitative estimate of drug-likeness (QED) is 0.438. The van der Waals surface area contributed by atoms with Crippen LogP contribution in [0.15, 0.2) is 30.7 Å². The Labute approximate surface area is 203 Å². The van der Waals surface area contributed by atoms with Crippen LogP contribution >= 0.6 is 11.6 Å². The highest BCUT2D eigenvalue weighted by Crippen LogP contribution is 2.48. The Bertz CT molecular complexity index is 902. The third-order valence-corrected chi connectivity index (χ3v) is 7.47. The summed E-state index contributed by atoms with van der Waals surface area (Å²) < 4.78 is 1.96. The van der Waals surface area contributed by atoms with Crippen molar-refractivity contribution in [3.8, 4) is 0 Å². The zero-order valence-electron chi connectivity index (χ0n) is 19.8. The van der Waals surface area contributed by atoms with Crippen LogP contribution in [0.4, 0.5) is 5.69 Å². The number of amides is 1. The molecule has 4 rings (SSSR count). The highest BCUT2D eigenvalue weighted by atomic mass is 35.5. The van der Waals surface area contributed by atoms with Gasteiger partial charge in [-0.05, 0) is 48.8 Å². The number of benzene rings is 1. The molecule has 7 heteroatoms. The summed E-state index contributed by atoms with van der Waals surface area (Å²) in [6, 6.07) is 5.61. The van der Waals surface area contributed by atoms with Crippen molar-refractivity contribution in [2.24, 2.45) is 18.4 Å². The number of hydrogen-bond donors (Lipinski definition) is 3. The number of halogens is 1. The minimum absolute atomic E-state index is 0. The van der Waals surface area contributed by atoms with E-state index in [0.717, 1.165) is 49.9 Å². The first-order valence-corrected chi connectivity index (χ1v) is 12.4. The smallest absolute Gasteiger partial charge is 0.252 e. The number of nitrogens with zero attached hydrogens (tertiary/aromatic N) is 2. The predicted molar refractivity (Wildman–Crippen MR) is 136 cm³/mol. The number of aromatic nitrogens is 2. The molecule has 2 aliphatic carbocycles. The molecule has 0 atom stereocenters. The van der Waals surface area contributed by atoms with Gasteiger partial charge in [0.2, 0.25) is 0 Å². The molecule has 1 aromatic carbocycles. The van der Waals surface area contributed by atoms with E-state index in [1.165, 1.54) is 44.9 Å². The molecule has 2 aliphatic rings. The lowest BCUT2D eigenvalue weighted by molar-refractivity contribution is 0.0682. The van der Waals surface area contributed by atoms with Gasteiger partial charge in [-0.3, -0.25) is 4.79 Å². The van der Waals surface area contributed by atoms with Crippen molar-refractivity contribution >= 4 is 23.2 Å². The Kier molecular flexibility index (Phi) is 9.21. The molecule has 2 radical (unpaired) electrons. The summed E-state index contributed by atoms with van der Waals surface area (Å²) in [5, 5.41) is 10.5. The van der Waals surface area contributed by atoms with E-state index in [9.17, 15) is 4.79 Å². The van der Waals surface area contributed by atoms with E-state index in [1.54, 1.807) is 0 Å². The Morgan fingerprint density at radius 3 is 2.73 bits per heavy atom. The van der Waals surface area contributed by atoms with Crippen molar-refractivity contribution < 1.29 is 4.79 Å². The number of rotatable bonds is 10. The van der Waals surface area contributed by atoms with Gasteiger partial charge in [0.1, 0.15) is 0 Å². The first-order valence-electron chi connectivity index (χ1n) is 12.0. The molecule has 33 heavy (non-hydrogen) atoms. The molecule has 3 N–H and O–H groups in total. The van der Waals surface area contributed by atoms with Gasteiger partial charge in [0.15, 0.2) is 0 Å². The molecular weight excluding hydrogens is 434 g/mol. The van der Waals surface area contributed by atoms with Crippen molar-refractivity contribution in [2.45, 2.75) is 51.4 Å². The van der Waals surface area contributed by atoms with E-state index in [-0.39, 0.29) is 13.3 Å². The summed E-state index contributed by atoms with van der Waals surface area (Å²) in [5.41, 5.74) is 2.87. The normalized spacial score (nSPS) is 21.8. The SMILES string of the molecule is Cn1cnc(CCNCCNc2ccc(Cl)c(C(=O)NCC34CCCC(CCC3)C4)c2)c1.[CH2]. The Morgan fingerprint density at radius 1 is 1.21 bits per heavy atom. The van der Waals surface area contributed by atoms with Gasteiger partial charge in [-0.25, -0.2) is 4.98 Å². The highest BCUT2D eigenvalue weighted by molar-refractivity contribution is 6.34. The van der Waals surface area contributed by atoms with Gasteiger partial charge in [0.25, 0.3) is 5.91 Å². The number of fused-ring (bicyclic) bond motifs is 2. The Morgan fingerprint density at radius 2 is 2.00 bits per heavy atom. The molecule has 2 aromatic rings. The van der Waals surface area contributed by atoms with Crippen LogP contribution in [0.25, 0.3) is 0 Å². The van der Waals surface area contributed by atoms with Crippen molar-refractivity contribution in [3.63, 3.8) is 0 Å². The van der Waals surface area contributed by atoms with Crippen molar-refractivity contribution in [1.29, 1.82) is 0 Å². The van der Waals surface area contributed by atoms with Crippen LogP contribution in [-0.2, 0) is 13.5 Å². The van der Waals surface area contributed by atoms with Crippen molar-refractivity contribution in [2.75, 3.05) is 31.5 Å². The topological polar surface area (TPSA) is 71.0 Å². The fourth-order valence-electron chi connectivity index (χ4n) is 5.48. The highest BCUT2D eigenvalue weighted by Gasteiger charge is 2.39. The summed E-state index contributed by atoms with van der Waals surface area (Å²) in [4.78, 5) is 17.3. The van der Waals surface area contributed by atoms with Gasteiger partial charge < -0.3 is 20.5 Å². The number of aryl methyl sites for hydroxylation is 1. The Hall–Kier alpha value is -2.05. The summed E-state index contributed by atoms with van der Waals surface area (Å²) in [7, 11) is 1.98. The van der Waals surface area contributed by atoms with Gasteiger partial charge in [-0.1, -0.05) is 44.7 Å². The zero-order valence-corrected chi connectivity index (χ0v) is 20.6. The van der Waals surface area contributed by atoms with Gasteiger partial charge in [-0.15, -0.1) is 0 Å². The first-order chi connectivity index (χ1) is 15.5. The van der Waals surface area contributed by atoms with Crippen LogP contribution in [0.5, 0.6) is 0 Å². The second-order valence-corrected chi connectivity index (χ2v) is 10.1. The van der Waals surface area contributed by atoms with Crippen molar-refractivity contribution in [1.82, 2.24) is 20.2 Å². The van der Waals surface area contributed by atoms with Crippen LogP contribution in [0.3, 0.4) is 0 Å².